The van der Waals surface area contributed by atoms with Crippen LogP contribution in [0.5, 0.6) is 0 Å². The van der Waals surface area contributed by atoms with Crippen molar-refractivity contribution in [1.29, 1.82) is 0 Å². The smallest absolute Gasteiger partial charge is 0.0761 e. The number of aliphatic hydroxyl groups excluding tert-OH is 2. The third-order valence-electron chi connectivity index (χ3n) is 2.70. The van der Waals surface area contributed by atoms with Gasteiger partial charge in [0.1, 0.15) is 0 Å². The van der Waals surface area contributed by atoms with Crippen molar-refractivity contribution in [3.63, 3.8) is 0 Å². The average Bonchev–Trinajstić information content (AvgIpc) is 2.39. The summed E-state index contributed by atoms with van der Waals surface area (Å²) < 4.78 is 0. The molecule has 0 amide bonds. The van der Waals surface area contributed by atoms with Crippen molar-refractivity contribution >= 4 is 0 Å². The van der Waals surface area contributed by atoms with Crippen LogP contribution in [0.15, 0.2) is 42.6 Å². The van der Waals surface area contributed by atoms with E-state index in [4.69, 9.17) is 5.11 Å². The molecule has 2 rings (SSSR count). The second-order valence-electron chi connectivity index (χ2n) is 4.01. The van der Waals surface area contributed by atoms with Crippen LogP contribution in [0.2, 0.25) is 0 Å². The van der Waals surface area contributed by atoms with Crippen LogP contribution < -0.4 is 0 Å². The summed E-state index contributed by atoms with van der Waals surface area (Å²) in [5, 5.41) is 18.5. The second-order valence-corrected chi connectivity index (χ2v) is 4.01. The summed E-state index contributed by atoms with van der Waals surface area (Å²) in [6.45, 7) is 1.75. The van der Waals surface area contributed by atoms with Gasteiger partial charge in [-0.15, -0.1) is 0 Å². The number of benzene rings is 1. The first-order chi connectivity index (χ1) is 8.20. The zero-order valence-electron chi connectivity index (χ0n) is 9.67. The zero-order chi connectivity index (χ0) is 12.3. The van der Waals surface area contributed by atoms with Gasteiger partial charge in [0.25, 0.3) is 0 Å². The van der Waals surface area contributed by atoms with E-state index in [-0.39, 0.29) is 6.61 Å². The van der Waals surface area contributed by atoms with E-state index >= 15 is 0 Å². The van der Waals surface area contributed by atoms with Gasteiger partial charge in [0.2, 0.25) is 0 Å². The maximum atomic E-state index is 9.42. The minimum absolute atomic E-state index is 0.0152. The summed E-state index contributed by atoms with van der Waals surface area (Å²) in [5.74, 6) is 0. The Hall–Kier alpha value is -1.71. The van der Waals surface area contributed by atoms with Crippen molar-refractivity contribution in [2.24, 2.45) is 0 Å². The molecule has 2 N–H and O–H groups in total. The average molecular weight is 229 g/mol. The minimum atomic E-state index is -0.458. The highest BCUT2D eigenvalue weighted by atomic mass is 16.3. The lowest BCUT2D eigenvalue weighted by Crippen LogP contribution is -1.91. The Bertz CT molecular complexity index is 492. The van der Waals surface area contributed by atoms with Gasteiger partial charge < -0.3 is 10.2 Å². The van der Waals surface area contributed by atoms with E-state index in [1.54, 1.807) is 19.2 Å². The molecule has 3 nitrogen and oxygen atoms in total. The highest BCUT2D eigenvalue weighted by molar-refractivity contribution is 5.60. The normalized spacial score (nSPS) is 12.4. The molecule has 0 spiro atoms. The van der Waals surface area contributed by atoms with Crippen molar-refractivity contribution < 1.29 is 10.2 Å². The van der Waals surface area contributed by atoms with Gasteiger partial charge in [-0.2, -0.15) is 0 Å². The van der Waals surface area contributed by atoms with Crippen LogP contribution in [0.1, 0.15) is 24.2 Å². The molecule has 3 heteroatoms. The fourth-order valence-electron chi connectivity index (χ4n) is 1.66. The Morgan fingerprint density at radius 2 is 1.88 bits per heavy atom. The van der Waals surface area contributed by atoms with Gasteiger partial charge in [0, 0.05) is 11.8 Å². The monoisotopic (exact) mass is 229 g/mol. The van der Waals surface area contributed by atoms with Crippen molar-refractivity contribution in [3.8, 4) is 11.3 Å². The van der Waals surface area contributed by atoms with Gasteiger partial charge in [0.05, 0.1) is 18.4 Å². The summed E-state index contributed by atoms with van der Waals surface area (Å²) >= 11 is 0. The van der Waals surface area contributed by atoms with E-state index < -0.39 is 6.10 Å². The van der Waals surface area contributed by atoms with Crippen molar-refractivity contribution in [1.82, 2.24) is 4.98 Å². The molecule has 1 atom stereocenters. The van der Waals surface area contributed by atoms with Gasteiger partial charge in [0.15, 0.2) is 0 Å². The molecule has 1 unspecified atom stereocenters. The number of aliphatic hydroxyl groups is 2. The Balaban J connectivity index is 2.32. The van der Waals surface area contributed by atoms with E-state index in [0.29, 0.717) is 0 Å². The number of pyridine rings is 1. The van der Waals surface area contributed by atoms with E-state index in [0.717, 1.165) is 22.4 Å². The maximum absolute atomic E-state index is 9.42. The summed E-state index contributed by atoms with van der Waals surface area (Å²) in [6.07, 6.45) is 1.23. The van der Waals surface area contributed by atoms with Crippen LogP contribution in [0.3, 0.4) is 0 Å². The lowest BCUT2D eigenvalue weighted by atomic mass is 10.0. The molecule has 1 aromatic heterocycles. The number of hydrogen-bond acceptors (Lipinski definition) is 3. The van der Waals surface area contributed by atoms with Gasteiger partial charge in [-0.05, 0) is 30.2 Å². The van der Waals surface area contributed by atoms with Crippen LogP contribution in [-0.2, 0) is 6.61 Å². The Morgan fingerprint density at radius 1 is 1.18 bits per heavy atom. The van der Waals surface area contributed by atoms with E-state index in [1.165, 1.54) is 0 Å². The van der Waals surface area contributed by atoms with Gasteiger partial charge >= 0.3 is 0 Å². The fourth-order valence-corrected chi connectivity index (χ4v) is 1.66. The molecule has 1 heterocycles. The highest BCUT2D eigenvalue weighted by Crippen LogP contribution is 2.20. The first kappa shape index (κ1) is 11.8. The van der Waals surface area contributed by atoms with Gasteiger partial charge in [-0.1, -0.05) is 24.3 Å². The fraction of sp³-hybridized carbons (Fsp3) is 0.214. The number of rotatable bonds is 3. The molecule has 0 aliphatic rings. The summed E-state index contributed by atoms with van der Waals surface area (Å²) in [5.41, 5.74) is 3.53. The number of hydrogen-bond donors (Lipinski definition) is 2. The third kappa shape index (κ3) is 2.70. The molecule has 0 saturated carbocycles. The summed E-state index contributed by atoms with van der Waals surface area (Å²) in [6, 6.07) is 11.3. The molecule has 0 aliphatic carbocycles. The van der Waals surface area contributed by atoms with Crippen LogP contribution in [0, 0.1) is 0 Å². The van der Waals surface area contributed by atoms with Crippen LogP contribution in [-0.4, -0.2) is 15.2 Å². The third-order valence-corrected chi connectivity index (χ3v) is 2.70. The molecule has 0 bridgehead atoms. The lowest BCUT2D eigenvalue weighted by molar-refractivity contribution is 0.199. The number of nitrogens with zero attached hydrogens (tertiary/aromatic N) is 1. The largest absolute Gasteiger partial charge is 0.392 e. The Labute approximate surface area is 100 Å². The standard InChI is InChI=1S/C14H15NO2/c1-10(17)12-2-4-13(5-3-12)14-8-11(9-16)6-7-15-14/h2-8,10,16-17H,9H2,1H3. The molecule has 17 heavy (non-hydrogen) atoms. The predicted octanol–water partition coefficient (Wildman–Crippen LogP) is 2.29. The van der Waals surface area contributed by atoms with Crippen LogP contribution in [0.4, 0.5) is 0 Å². The molecule has 88 valence electrons. The van der Waals surface area contributed by atoms with Crippen molar-refractivity contribution in [3.05, 3.63) is 53.7 Å². The molecule has 0 saturated heterocycles. The molecular formula is C14H15NO2. The lowest BCUT2D eigenvalue weighted by Gasteiger charge is -2.06. The summed E-state index contributed by atoms with van der Waals surface area (Å²) in [7, 11) is 0. The van der Waals surface area contributed by atoms with Crippen molar-refractivity contribution in [2.75, 3.05) is 0 Å². The molecular weight excluding hydrogens is 214 g/mol. The zero-order valence-corrected chi connectivity index (χ0v) is 9.67. The van der Waals surface area contributed by atoms with Crippen molar-refractivity contribution in [2.45, 2.75) is 19.6 Å². The van der Waals surface area contributed by atoms with E-state index in [2.05, 4.69) is 4.98 Å². The number of aromatic nitrogens is 1. The predicted molar refractivity (Wildman–Crippen MR) is 66.2 cm³/mol. The van der Waals surface area contributed by atoms with Crippen LogP contribution >= 0.6 is 0 Å². The Kier molecular flexibility index (Phi) is 3.52. The first-order valence-electron chi connectivity index (χ1n) is 5.55. The van der Waals surface area contributed by atoms with E-state index in [1.807, 2.05) is 30.3 Å². The minimum Gasteiger partial charge on any atom is -0.392 e. The van der Waals surface area contributed by atoms with E-state index in [9.17, 15) is 5.11 Å². The molecule has 2 aromatic rings. The highest BCUT2D eigenvalue weighted by Gasteiger charge is 2.03. The molecule has 1 aromatic carbocycles. The first-order valence-corrected chi connectivity index (χ1v) is 5.55. The molecule has 0 aliphatic heterocycles. The maximum Gasteiger partial charge on any atom is 0.0761 e. The van der Waals surface area contributed by atoms with Gasteiger partial charge in [-0.25, -0.2) is 0 Å². The molecule has 0 radical (unpaired) electrons. The summed E-state index contributed by atoms with van der Waals surface area (Å²) in [4.78, 5) is 4.26. The Morgan fingerprint density at radius 3 is 2.47 bits per heavy atom. The SMILES string of the molecule is CC(O)c1ccc(-c2cc(CO)ccn2)cc1. The topological polar surface area (TPSA) is 53.4 Å². The molecule has 0 fully saturated rings. The second kappa shape index (κ2) is 5.08. The van der Waals surface area contributed by atoms with Gasteiger partial charge in [-0.3, -0.25) is 4.98 Å². The quantitative estimate of drug-likeness (QED) is 0.849. The van der Waals surface area contributed by atoms with Crippen LogP contribution in [0.25, 0.3) is 11.3 Å².